The Morgan fingerprint density at radius 3 is 2.71 bits per heavy atom. The fraction of sp³-hybridized carbons (Fsp3) is 0.474. The van der Waals surface area contributed by atoms with Gasteiger partial charge >= 0.3 is 13.1 Å². The highest BCUT2D eigenvalue weighted by Crippen LogP contribution is 2.31. The van der Waals surface area contributed by atoms with E-state index < -0.39 is 19.0 Å². The first kappa shape index (κ1) is 20.4. The average molecular weight is 387 g/mol. The van der Waals surface area contributed by atoms with Crippen molar-refractivity contribution in [2.75, 3.05) is 13.1 Å². The Kier molecular flexibility index (Phi) is 6.38. The van der Waals surface area contributed by atoms with E-state index in [1.807, 2.05) is 12.2 Å². The van der Waals surface area contributed by atoms with Crippen molar-refractivity contribution in [1.82, 2.24) is 5.32 Å². The van der Waals surface area contributed by atoms with Crippen molar-refractivity contribution >= 4 is 19.0 Å². The van der Waals surface area contributed by atoms with Crippen molar-refractivity contribution in [3.63, 3.8) is 0 Å². The van der Waals surface area contributed by atoms with Crippen LogP contribution < -0.4 is 21.4 Å². The predicted octanol–water partition coefficient (Wildman–Crippen LogP) is -0.0598. The van der Waals surface area contributed by atoms with E-state index >= 15 is 0 Å². The van der Waals surface area contributed by atoms with Crippen LogP contribution in [0.2, 0.25) is 0 Å². The maximum Gasteiger partial charge on any atom is 0.547 e. The third-order valence-electron chi connectivity index (χ3n) is 5.56. The predicted molar refractivity (Wildman–Crippen MR) is 105 cm³/mol. The highest BCUT2D eigenvalue weighted by Gasteiger charge is 2.38. The minimum atomic E-state index is -1.31. The van der Waals surface area contributed by atoms with Gasteiger partial charge in [0.25, 0.3) is 0 Å². The zero-order valence-corrected chi connectivity index (χ0v) is 15.6. The van der Waals surface area contributed by atoms with Gasteiger partial charge in [0.2, 0.25) is 5.91 Å². The maximum absolute atomic E-state index is 12.5. The number of allylic oxidation sites excluding steroid dienone is 1. The van der Waals surface area contributed by atoms with E-state index in [4.69, 9.17) is 16.1 Å². The molecule has 7 N–H and O–H groups in total. The van der Waals surface area contributed by atoms with E-state index in [1.165, 1.54) is 6.07 Å². The molecule has 0 bridgehead atoms. The van der Waals surface area contributed by atoms with Crippen LogP contribution in [0.4, 0.5) is 0 Å². The highest BCUT2D eigenvalue weighted by molar-refractivity contribution is 6.47. The third kappa shape index (κ3) is 4.37. The van der Waals surface area contributed by atoms with Crippen molar-refractivity contribution in [3.05, 3.63) is 41.5 Å². The van der Waals surface area contributed by atoms with Gasteiger partial charge in [0.15, 0.2) is 0 Å². The summed E-state index contributed by atoms with van der Waals surface area (Å²) in [4.78, 5) is 23.8. The summed E-state index contributed by atoms with van der Waals surface area (Å²) in [5, 5.41) is 22.3. The number of nitrogens with two attached hydrogens (primary N) is 2. The van der Waals surface area contributed by atoms with Gasteiger partial charge in [-0.3, -0.25) is 4.79 Å². The molecule has 1 unspecified atom stereocenters. The van der Waals surface area contributed by atoms with Gasteiger partial charge in [-0.05, 0) is 55.3 Å². The maximum atomic E-state index is 12.5. The molecule has 2 aliphatic rings. The molecule has 9 heteroatoms. The average Bonchev–Trinajstić information content (AvgIpc) is 2.67. The molecule has 0 saturated heterocycles. The van der Waals surface area contributed by atoms with Crippen molar-refractivity contribution in [2.45, 2.75) is 25.2 Å². The molecule has 150 valence electrons. The first-order valence-corrected chi connectivity index (χ1v) is 9.50. The van der Waals surface area contributed by atoms with Gasteiger partial charge in [0, 0.05) is 6.42 Å². The lowest BCUT2D eigenvalue weighted by atomic mass is 9.72. The monoisotopic (exact) mass is 387 g/mol. The molecule has 8 nitrogen and oxygen atoms in total. The van der Waals surface area contributed by atoms with Crippen LogP contribution in [0.15, 0.2) is 30.4 Å². The second kappa shape index (κ2) is 8.77. The Morgan fingerprint density at radius 2 is 2.04 bits per heavy atom. The summed E-state index contributed by atoms with van der Waals surface area (Å²) < 4.78 is 5.41. The van der Waals surface area contributed by atoms with Crippen LogP contribution in [0, 0.1) is 17.8 Å². The molecule has 1 amide bonds. The molecule has 0 aromatic heterocycles. The van der Waals surface area contributed by atoms with E-state index in [0.717, 1.165) is 6.42 Å². The first-order valence-electron chi connectivity index (χ1n) is 9.50. The van der Waals surface area contributed by atoms with Gasteiger partial charge in [0.1, 0.15) is 5.75 Å². The summed E-state index contributed by atoms with van der Waals surface area (Å²) in [5.41, 5.74) is 12.2. The third-order valence-corrected chi connectivity index (χ3v) is 5.56. The topological polar surface area (TPSA) is 148 Å². The van der Waals surface area contributed by atoms with Gasteiger partial charge < -0.3 is 31.6 Å². The van der Waals surface area contributed by atoms with E-state index in [2.05, 4.69) is 5.32 Å². The molecule has 1 aromatic carbocycles. The molecule has 0 spiro atoms. The molecule has 0 fully saturated rings. The Labute approximate surface area is 164 Å². The molecule has 1 aliphatic heterocycles. The number of benzene rings is 1. The number of carbonyl (C=O) groups is 2. The van der Waals surface area contributed by atoms with E-state index in [0.29, 0.717) is 25.1 Å². The summed E-state index contributed by atoms with van der Waals surface area (Å²) in [7, 11) is -1.31. The number of hydrogen-bond donors (Lipinski definition) is 5. The highest BCUT2D eigenvalue weighted by atomic mass is 16.5. The van der Waals surface area contributed by atoms with Gasteiger partial charge in [-0.25, -0.2) is 4.79 Å². The lowest BCUT2D eigenvalue weighted by Gasteiger charge is -2.31. The molecule has 28 heavy (non-hydrogen) atoms. The summed E-state index contributed by atoms with van der Waals surface area (Å²) in [6.45, 7) is 1.07. The minimum absolute atomic E-state index is 0.00375. The smallest absolute Gasteiger partial charge is 0.534 e. The molecule has 1 aliphatic carbocycles. The minimum Gasteiger partial charge on any atom is -0.534 e. The molecule has 0 saturated carbocycles. The number of para-hydroxylation sites is 1. The Morgan fingerprint density at radius 1 is 1.25 bits per heavy atom. The SMILES string of the molecule is NCC1C=C[C@H](CC(=O)N[C@H]2Cc3cccc(C(=O)O)c3OB2O)C[C@@H]1CN. The van der Waals surface area contributed by atoms with Crippen LogP contribution in [0.5, 0.6) is 5.75 Å². The summed E-state index contributed by atoms with van der Waals surface area (Å²) in [6, 6.07) is 4.77. The molecule has 3 rings (SSSR count). The quantitative estimate of drug-likeness (QED) is 0.339. The molecular weight excluding hydrogens is 361 g/mol. The number of carboxylic acid groups (broad SMARTS) is 1. The summed E-state index contributed by atoms with van der Waals surface area (Å²) in [6.07, 6.45) is 5.45. The standard InChI is InChI=1S/C19H26BN3O5/c21-9-13-5-4-11(6-14(13)10-22)7-17(24)23-16-8-12-2-1-3-15(19(25)26)18(12)28-20(16)27/h1-5,11,13-14,16,27H,6-10,21-22H2,(H,23,24)(H,25,26)/t11-,13?,14+,16-/m0/s1. The van der Waals surface area contributed by atoms with Gasteiger partial charge in [-0.1, -0.05) is 24.3 Å². The summed E-state index contributed by atoms with van der Waals surface area (Å²) in [5.74, 6) is -1.22. The Balaban J connectivity index is 1.62. The van der Waals surface area contributed by atoms with Crippen LogP contribution in [-0.2, 0) is 11.2 Å². The van der Waals surface area contributed by atoms with Gasteiger partial charge in [-0.15, -0.1) is 0 Å². The fourth-order valence-electron chi connectivity index (χ4n) is 4.01. The zero-order chi connectivity index (χ0) is 20.3. The number of carbonyl (C=O) groups excluding carboxylic acids is 1. The van der Waals surface area contributed by atoms with Gasteiger partial charge in [0.05, 0.1) is 11.5 Å². The molecule has 4 atom stereocenters. The van der Waals surface area contributed by atoms with Crippen LogP contribution in [-0.4, -0.2) is 48.2 Å². The number of rotatable bonds is 6. The molecule has 1 aromatic rings. The van der Waals surface area contributed by atoms with Crippen LogP contribution in [0.25, 0.3) is 0 Å². The van der Waals surface area contributed by atoms with E-state index in [1.54, 1.807) is 12.1 Å². The number of carboxylic acids is 1. The van der Waals surface area contributed by atoms with Crippen molar-refractivity contribution < 1.29 is 24.4 Å². The molecule has 0 radical (unpaired) electrons. The second-order valence-electron chi connectivity index (χ2n) is 7.47. The molecular formula is C19H26BN3O5. The van der Waals surface area contributed by atoms with E-state index in [9.17, 15) is 19.7 Å². The van der Waals surface area contributed by atoms with Crippen molar-refractivity contribution in [1.29, 1.82) is 0 Å². The van der Waals surface area contributed by atoms with Crippen molar-refractivity contribution in [2.24, 2.45) is 29.2 Å². The lowest BCUT2D eigenvalue weighted by molar-refractivity contribution is -0.122. The van der Waals surface area contributed by atoms with Crippen molar-refractivity contribution in [3.8, 4) is 5.75 Å². The summed E-state index contributed by atoms with van der Waals surface area (Å²) >= 11 is 0. The second-order valence-corrected chi connectivity index (χ2v) is 7.47. The molecule has 1 heterocycles. The fourth-order valence-corrected chi connectivity index (χ4v) is 4.01. The van der Waals surface area contributed by atoms with Crippen LogP contribution in [0.1, 0.15) is 28.8 Å². The van der Waals surface area contributed by atoms with E-state index in [-0.39, 0.29) is 41.4 Å². The normalized spacial score (nSPS) is 26.3. The lowest BCUT2D eigenvalue weighted by Crippen LogP contribution is -2.53. The number of hydrogen-bond acceptors (Lipinski definition) is 6. The van der Waals surface area contributed by atoms with Crippen LogP contribution in [0.3, 0.4) is 0 Å². The zero-order valence-electron chi connectivity index (χ0n) is 15.6. The van der Waals surface area contributed by atoms with Crippen LogP contribution >= 0.6 is 0 Å². The largest absolute Gasteiger partial charge is 0.547 e. The first-order chi connectivity index (χ1) is 13.4. The van der Waals surface area contributed by atoms with Gasteiger partial charge in [-0.2, -0.15) is 0 Å². The Hall–Kier alpha value is -2.36. The Bertz CT molecular complexity index is 772. The number of nitrogens with one attached hydrogen (secondary N) is 1. The number of fused-ring (bicyclic) bond motifs is 1. The number of amides is 1. The number of aromatic carboxylic acids is 1.